The van der Waals surface area contributed by atoms with Crippen LogP contribution >= 0.6 is 0 Å². The molecule has 1 atom stereocenters. The molecule has 2 rings (SSSR count). The standard InChI is InChI=1S/C19H25NO3/c1-4-7-12-20-17(14-10-8-13(5-2)9-11-14)16(15(21)6-3)18(22)19(20)23/h8-11,17,22H,4-7,12H2,1-3H3. The van der Waals surface area contributed by atoms with E-state index in [1.807, 2.05) is 24.3 Å². The number of amides is 1. The van der Waals surface area contributed by atoms with E-state index in [4.69, 9.17) is 0 Å². The van der Waals surface area contributed by atoms with Gasteiger partial charge in [0.25, 0.3) is 5.91 Å². The Kier molecular flexibility index (Phi) is 5.59. The zero-order valence-corrected chi connectivity index (χ0v) is 14.1. The summed E-state index contributed by atoms with van der Waals surface area (Å²) < 4.78 is 0. The molecule has 1 heterocycles. The number of rotatable bonds is 7. The van der Waals surface area contributed by atoms with Crippen LogP contribution in [0.3, 0.4) is 0 Å². The smallest absolute Gasteiger partial charge is 0.290 e. The third-order valence-electron chi connectivity index (χ3n) is 4.38. The van der Waals surface area contributed by atoms with Gasteiger partial charge in [-0.1, -0.05) is 51.5 Å². The van der Waals surface area contributed by atoms with Crippen LogP contribution in [0.25, 0.3) is 0 Å². The monoisotopic (exact) mass is 315 g/mol. The second-order valence-electron chi connectivity index (χ2n) is 5.89. The van der Waals surface area contributed by atoms with E-state index in [1.54, 1.807) is 11.8 Å². The molecule has 23 heavy (non-hydrogen) atoms. The number of Topliss-reactive ketones (excluding diaryl/α,β-unsaturated/α-hetero) is 1. The van der Waals surface area contributed by atoms with Gasteiger partial charge in [-0.3, -0.25) is 9.59 Å². The summed E-state index contributed by atoms with van der Waals surface area (Å²) in [5, 5.41) is 10.2. The molecular formula is C19H25NO3. The van der Waals surface area contributed by atoms with Crippen LogP contribution in [-0.4, -0.2) is 28.2 Å². The Morgan fingerprint density at radius 2 is 1.83 bits per heavy atom. The van der Waals surface area contributed by atoms with Crippen LogP contribution < -0.4 is 0 Å². The summed E-state index contributed by atoms with van der Waals surface area (Å²) in [5.41, 5.74) is 2.33. The minimum Gasteiger partial charge on any atom is -0.503 e. The fraction of sp³-hybridized carbons (Fsp3) is 0.474. The van der Waals surface area contributed by atoms with E-state index < -0.39 is 11.9 Å². The summed E-state index contributed by atoms with van der Waals surface area (Å²) in [5.74, 6) is -0.975. The van der Waals surface area contributed by atoms with Crippen LogP contribution in [-0.2, 0) is 16.0 Å². The predicted octanol–water partition coefficient (Wildman–Crippen LogP) is 3.72. The fourth-order valence-electron chi connectivity index (χ4n) is 2.97. The predicted molar refractivity (Wildman–Crippen MR) is 90.1 cm³/mol. The van der Waals surface area contributed by atoms with Crippen molar-refractivity contribution in [2.45, 2.75) is 52.5 Å². The molecule has 0 fully saturated rings. The van der Waals surface area contributed by atoms with Gasteiger partial charge in [0.2, 0.25) is 0 Å². The summed E-state index contributed by atoms with van der Waals surface area (Å²) in [6.07, 6.45) is 3.00. The molecule has 4 nitrogen and oxygen atoms in total. The molecule has 0 bridgehead atoms. The first-order valence-corrected chi connectivity index (χ1v) is 8.41. The molecule has 1 aliphatic rings. The number of aryl methyl sites for hydroxylation is 1. The maximum atomic E-state index is 12.4. The second kappa shape index (κ2) is 7.44. The van der Waals surface area contributed by atoms with Gasteiger partial charge in [-0.05, 0) is 24.0 Å². The van der Waals surface area contributed by atoms with Gasteiger partial charge in [-0.2, -0.15) is 0 Å². The van der Waals surface area contributed by atoms with Crippen molar-refractivity contribution in [3.63, 3.8) is 0 Å². The van der Waals surface area contributed by atoms with Crippen molar-refractivity contribution in [1.29, 1.82) is 0 Å². The van der Waals surface area contributed by atoms with E-state index in [0.29, 0.717) is 6.54 Å². The average Bonchev–Trinajstić information content (AvgIpc) is 2.83. The lowest BCUT2D eigenvalue weighted by Crippen LogP contribution is -2.32. The molecule has 4 heteroatoms. The van der Waals surface area contributed by atoms with Gasteiger partial charge in [-0.25, -0.2) is 0 Å². The number of nitrogens with zero attached hydrogens (tertiary/aromatic N) is 1. The first-order valence-electron chi connectivity index (χ1n) is 8.41. The number of carbonyl (C=O) groups excluding carboxylic acids is 2. The van der Waals surface area contributed by atoms with Crippen molar-refractivity contribution in [3.8, 4) is 0 Å². The van der Waals surface area contributed by atoms with E-state index in [9.17, 15) is 14.7 Å². The Hall–Kier alpha value is -2.10. The largest absolute Gasteiger partial charge is 0.503 e. The highest BCUT2D eigenvalue weighted by Gasteiger charge is 2.42. The lowest BCUT2D eigenvalue weighted by Gasteiger charge is -2.26. The van der Waals surface area contributed by atoms with Crippen molar-refractivity contribution in [2.75, 3.05) is 6.54 Å². The quantitative estimate of drug-likeness (QED) is 0.834. The zero-order chi connectivity index (χ0) is 17.0. The Morgan fingerprint density at radius 1 is 1.17 bits per heavy atom. The van der Waals surface area contributed by atoms with Gasteiger partial charge in [0.15, 0.2) is 11.5 Å². The van der Waals surface area contributed by atoms with Crippen molar-refractivity contribution >= 4 is 11.7 Å². The van der Waals surface area contributed by atoms with Gasteiger partial charge in [-0.15, -0.1) is 0 Å². The molecule has 1 unspecified atom stereocenters. The zero-order valence-electron chi connectivity index (χ0n) is 14.1. The molecule has 1 aromatic carbocycles. The van der Waals surface area contributed by atoms with E-state index in [2.05, 4.69) is 13.8 Å². The first-order chi connectivity index (χ1) is 11.0. The van der Waals surface area contributed by atoms with Crippen LogP contribution in [0.4, 0.5) is 0 Å². The lowest BCUT2D eigenvalue weighted by molar-refractivity contribution is -0.129. The van der Waals surface area contributed by atoms with Crippen molar-refractivity contribution < 1.29 is 14.7 Å². The van der Waals surface area contributed by atoms with Gasteiger partial charge >= 0.3 is 0 Å². The summed E-state index contributed by atoms with van der Waals surface area (Å²) >= 11 is 0. The maximum absolute atomic E-state index is 12.4. The minimum absolute atomic E-state index is 0.167. The summed E-state index contributed by atoms with van der Waals surface area (Å²) in [6.45, 7) is 6.43. The highest BCUT2D eigenvalue weighted by molar-refractivity contribution is 6.08. The summed E-state index contributed by atoms with van der Waals surface area (Å²) in [6, 6.07) is 7.48. The molecule has 0 radical (unpaired) electrons. The van der Waals surface area contributed by atoms with Gasteiger partial charge in [0, 0.05) is 13.0 Å². The Labute approximate surface area is 137 Å². The number of unbranched alkanes of at least 4 members (excludes halogenated alkanes) is 1. The number of benzene rings is 1. The second-order valence-corrected chi connectivity index (χ2v) is 5.89. The summed E-state index contributed by atoms with van der Waals surface area (Å²) in [7, 11) is 0. The van der Waals surface area contributed by atoms with Crippen LogP contribution in [0.5, 0.6) is 0 Å². The number of aliphatic hydroxyl groups excluding tert-OH is 1. The third-order valence-corrected chi connectivity index (χ3v) is 4.38. The number of carbonyl (C=O) groups is 2. The summed E-state index contributed by atoms with van der Waals surface area (Å²) in [4.78, 5) is 26.3. The Morgan fingerprint density at radius 3 is 2.35 bits per heavy atom. The van der Waals surface area contributed by atoms with E-state index in [0.717, 1.165) is 24.8 Å². The maximum Gasteiger partial charge on any atom is 0.290 e. The number of hydrogen-bond donors (Lipinski definition) is 1. The Balaban J connectivity index is 2.45. The molecule has 124 valence electrons. The molecular weight excluding hydrogens is 290 g/mol. The van der Waals surface area contributed by atoms with Crippen molar-refractivity contribution in [2.24, 2.45) is 0 Å². The fourth-order valence-corrected chi connectivity index (χ4v) is 2.97. The molecule has 1 amide bonds. The van der Waals surface area contributed by atoms with E-state index in [1.165, 1.54) is 5.56 Å². The lowest BCUT2D eigenvalue weighted by atomic mass is 9.94. The van der Waals surface area contributed by atoms with Crippen LogP contribution in [0.2, 0.25) is 0 Å². The van der Waals surface area contributed by atoms with Crippen LogP contribution in [0.15, 0.2) is 35.6 Å². The van der Waals surface area contributed by atoms with E-state index >= 15 is 0 Å². The normalized spacial score (nSPS) is 18.0. The molecule has 0 saturated heterocycles. The molecule has 0 spiro atoms. The highest BCUT2D eigenvalue weighted by atomic mass is 16.3. The third kappa shape index (κ3) is 3.31. The van der Waals surface area contributed by atoms with Gasteiger partial charge < -0.3 is 10.0 Å². The van der Waals surface area contributed by atoms with Crippen LogP contribution in [0.1, 0.15) is 57.2 Å². The first kappa shape index (κ1) is 17.3. The molecule has 1 N–H and O–H groups in total. The van der Waals surface area contributed by atoms with E-state index in [-0.39, 0.29) is 23.5 Å². The van der Waals surface area contributed by atoms with Crippen LogP contribution in [0, 0.1) is 0 Å². The highest BCUT2D eigenvalue weighted by Crippen LogP contribution is 2.38. The van der Waals surface area contributed by atoms with Crippen molar-refractivity contribution in [1.82, 2.24) is 4.90 Å². The Bertz CT molecular complexity index is 616. The average molecular weight is 315 g/mol. The van der Waals surface area contributed by atoms with Gasteiger partial charge in [0.05, 0.1) is 11.6 Å². The topological polar surface area (TPSA) is 57.6 Å². The SMILES string of the molecule is CCCCN1C(=O)C(O)=C(C(=O)CC)C1c1ccc(CC)cc1. The van der Waals surface area contributed by atoms with Crippen molar-refractivity contribution in [3.05, 3.63) is 46.7 Å². The molecule has 1 aliphatic heterocycles. The minimum atomic E-state index is -0.465. The number of hydrogen-bond acceptors (Lipinski definition) is 3. The number of aliphatic hydroxyl groups is 1. The molecule has 0 saturated carbocycles. The molecule has 0 aliphatic carbocycles. The molecule has 1 aromatic rings. The number of ketones is 1. The van der Waals surface area contributed by atoms with Gasteiger partial charge in [0.1, 0.15) is 0 Å². The molecule has 0 aromatic heterocycles.